The first-order valence-electron chi connectivity index (χ1n) is 6.37. The Hall–Kier alpha value is -0.580. The molecule has 1 aromatic rings. The number of nitrogens with one attached hydrogen (secondary N) is 1. The smallest absolute Gasteiger partial charge is 0.133 e. The van der Waals surface area contributed by atoms with Gasteiger partial charge in [-0.1, -0.05) is 12.5 Å². The van der Waals surface area contributed by atoms with E-state index in [0.29, 0.717) is 6.04 Å². The summed E-state index contributed by atoms with van der Waals surface area (Å²) >= 11 is 3.55. The number of ether oxygens (including phenoxy) is 1. The molecule has 1 fully saturated rings. The van der Waals surface area contributed by atoms with Crippen LogP contribution in [0.1, 0.15) is 30.9 Å². The van der Waals surface area contributed by atoms with E-state index in [-0.39, 0.29) is 5.41 Å². The monoisotopic (exact) mass is 312 g/mol. The Morgan fingerprint density at radius 2 is 2.22 bits per heavy atom. The predicted octanol–water partition coefficient (Wildman–Crippen LogP) is 2.85. The second-order valence-corrected chi connectivity index (χ2v) is 5.89. The zero-order valence-electron chi connectivity index (χ0n) is 11.0. The van der Waals surface area contributed by atoms with E-state index in [9.17, 15) is 0 Å². The number of hydrogen-bond acceptors (Lipinski definition) is 3. The van der Waals surface area contributed by atoms with Crippen molar-refractivity contribution in [3.05, 3.63) is 28.2 Å². The number of methoxy groups -OCH3 is 1. The number of hydrogen-bond donors (Lipinski definition) is 2. The summed E-state index contributed by atoms with van der Waals surface area (Å²) in [5.74, 6) is 0.865. The lowest BCUT2D eigenvalue weighted by Crippen LogP contribution is -2.47. The molecule has 1 aliphatic rings. The van der Waals surface area contributed by atoms with Gasteiger partial charge in [0.25, 0.3) is 0 Å². The molecule has 1 atom stereocenters. The van der Waals surface area contributed by atoms with Gasteiger partial charge in [0, 0.05) is 11.5 Å². The average molecular weight is 313 g/mol. The van der Waals surface area contributed by atoms with Crippen molar-refractivity contribution in [2.24, 2.45) is 11.1 Å². The number of benzene rings is 1. The lowest BCUT2D eigenvalue weighted by molar-refractivity contribution is 0.0879. The largest absolute Gasteiger partial charge is 0.496 e. The third kappa shape index (κ3) is 2.29. The fraction of sp³-hybridized carbons (Fsp3) is 0.571. The van der Waals surface area contributed by atoms with Crippen LogP contribution < -0.4 is 15.8 Å². The van der Waals surface area contributed by atoms with Crippen molar-refractivity contribution >= 4 is 15.9 Å². The van der Waals surface area contributed by atoms with Crippen molar-refractivity contribution in [2.75, 3.05) is 20.7 Å². The summed E-state index contributed by atoms with van der Waals surface area (Å²) < 4.78 is 6.27. The van der Waals surface area contributed by atoms with Crippen molar-refractivity contribution in [3.63, 3.8) is 0 Å². The van der Waals surface area contributed by atoms with E-state index in [4.69, 9.17) is 10.5 Å². The summed E-state index contributed by atoms with van der Waals surface area (Å²) in [6, 6.07) is 6.58. The van der Waals surface area contributed by atoms with Gasteiger partial charge in [0.05, 0.1) is 11.6 Å². The maximum absolute atomic E-state index is 6.00. The molecule has 1 aromatic carbocycles. The van der Waals surface area contributed by atoms with Gasteiger partial charge in [-0.25, -0.2) is 0 Å². The van der Waals surface area contributed by atoms with Crippen LogP contribution in [0.4, 0.5) is 0 Å². The minimum atomic E-state index is 0.225. The first-order valence-corrected chi connectivity index (χ1v) is 7.17. The number of nitrogens with two attached hydrogens (primary N) is 1. The molecule has 0 radical (unpaired) electrons. The van der Waals surface area contributed by atoms with Crippen molar-refractivity contribution in [1.82, 2.24) is 5.32 Å². The zero-order valence-corrected chi connectivity index (χ0v) is 12.6. The molecule has 3 nitrogen and oxygen atoms in total. The highest BCUT2D eigenvalue weighted by Crippen LogP contribution is 2.49. The normalized spacial score (nSPS) is 19.1. The second-order valence-electron chi connectivity index (χ2n) is 5.04. The van der Waals surface area contributed by atoms with Gasteiger partial charge in [-0.05, 0) is 60.1 Å². The minimum absolute atomic E-state index is 0.225. The zero-order chi connectivity index (χ0) is 13.2. The summed E-state index contributed by atoms with van der Waals surface area (Å²) in [5.41, 5.74) is 7.50. The summed E-state index contributed by atoms with van der Waals surface area (Å²) in [4.78, 5) is 0. The third-order valence-electron chi connectivity index (χ3n) is 4.17. The van der Waals surface area contributed by atoms with Crippen LogP contribution in [0.3, 0.4) is 0 Å². The Labute approximate surface area is 117 Å². The molecule has 0 saturated heterocycles. The van der Waals surface area contributed by atoms with Gasteiger partial charge in [0.2, 0.25) is 0 Å². The summed E-state index contributed by atoms with van der Waals surface area (Å²) in [5, 5.41) is 3.44. The van der Waals surface area contributed by atoms with E-state index in [1.165, 1.54) is 24.8 Å². The highest BCUT2D eigenvalue weighted by atomic mass is 79.9. The van der Waals surface area contributed by atoms with E-state index >= 15 is 0 Å². The van der Waals surface area contributed by atoms with Crippen molar-refractivity contribution in [1.29, 1.82) is 0 Å². The molecule has 0 spiro atoms. The van der Waals surface area contributed by atoms with Crippen LogP contribution in [0.15, 0.2) is 22.7 Å². The van der Waals surface area contributed by atoms with Crippen LogP contribution in [0.5, 0.6) is 5.75 Å². The lowest BCUT2D eigenvalue weighted by atomic mass is 9.62. The maximum Gasteiger partial charge on any atom is 0.133 e. The first kappa shape index (κ1) is 13.8. The molecule has 4 heteroatoms. The van der Waals surface area contributed by atoms with Crippen molar-refractivity contribution in [2.45, 2.75) is 25.3 Å². The van der Waals surface area contributed by atoms with Crippen LogP contribution in [0.2, 0.25) is 0 Å². The minimum Gasteiger partial charge on any atom is -0.496 e. The molecular formula is C14H21BrN2O. The van der Waals surface area contributed by atoms with E-state index in [1.54, 1.807) is 7.11 Å². The number of rotatable bonds is 5. The number of halogens is 1. The highest BCUT2D eigenvalue weighted by molar-refractivity contribution is 9.10. The predicted molar refractivity (Wildman–Crippen MR) is 77.8 cm³/mol. The standard InChI is InChI=1S/C14H21BrN2O/c1-17-13(14(9-16)6-3-7-14)10-4-5-12(18-2)11(15)8-10/h4-5,8,13,17H,3,6-7,9,16H2,1-2H3. The van der Waals surface area contributed by atoms with Crippen LogP contribution in [-0.4, -0.2) is 20.7 Å². The van der Waals surface area contributed by atoms with Crippen molar-refractivity contribution < 1.29 is 4.74 Å². The molecule has 1 aliphatic carbocycles. The Bertz CT molecular complexity index is 413. The van der Waals surface area contributed by atoms with E-state index in [0.717, 1.165) is 16.8 Å². The molecule has 0 heterocycles. The third-order valence-corrected chi connectivity index (χ3v) is 4.79. The molecule has 1 saturated carbocycles. The molecule has 3 N–H and O–H groups in total. The SMILES string of the molecule is CNC(c1ccc(OC)c(Br)c1)C1(CN)CCC1. The van der Waals surface area contributed by atoms with Gasteiger partial charge in [-0.15, -0.1) is 0 Å². The quantitative estimate of drug-likeness (QED) is 0.879. The molecular weight excluding hydrogens is 292 g/mol. The van der Waals surface area contributed by atoms with Gasteiger partial charge < -0.3 is 15.8 Å². The van der Waals surface area contributed by atoms with E-state index < -0.39 is 0 Å². The Kier molecular flexibility index (Phi) is 4.30. The topological polar surface area (TPSA) is 47.3 Å². The molecule has 18 heavy (non-hydrogen) atoms. The average Bonchev–Trinajstić information content (AvgIpc) is 2.33. The molecule has 0 aliphatic heterocycles. The molecule has 2 rings (SSSR count). The van der Waals surface area contributed by atoms with Crippen LogP contribution >= 0.6 is 15.9 Å². The Balaban J connectivity index is 2.30. The summed E-state index contributed by atoms with van der Waals surface area (Å²) in [7, 11) is 3.70. The molecule has 0 aromatic heterocycles. The van der Waals surface area contributed by atoms with Gasteiger partial charge in [-0.2, -0.15) is 0 Å². The first-order chi connectivity index (χ1) is 8.66. The van der Waals surface area contributed by atoms with Gasteiger partial charge in [0.1, 0.15) is 5.75 Å². The van der Waals surface area contributed by atoms with Crippen molar-refractivity contribution in [3.8, 4) is 5.75 Å². The second kappa shape index (κ2) is 5.59. The molecule has 0 bridgehead atoms. The maximum atomic E-state index is 6.00. The highest BCUT2D eigenvalue weighted by Gasteiger charge is 2.43. The van der Waals surface area contributed by atoms with Gasteiger partial charge in [-0.3, -0.25) is 0 Å². The van der Waals surface area contributed by atoms with Crippen LogP contribution in [0.25, 0.3) is 0 Å². The van der Waals surface area contributed by atoms with E-state index in [1.807, 2.05) is 13.1 Å². The Morgan fingerprint density at radius 3 is 2.61 bits per heavy atom. The van der Waals surface area contributed by atoms with Gasteiger partial charge in [0.15, 0.2) is 0 Å². The molecule has 0 amide bonds. The fourth-order valence-electron chi connectivity index (χ4n) is 2.93. The molecule has 1 unspecified atom stereocenters. The van der Waals surface area contributed by atoms with E-state index in [2.05, 4.69) is 33.4 Å². The van der Waals surface area contributed by atoms with Gasteiger partial charge >= 0.3 is 0 Å². The Morgan fingerprint density at radius 1 is 1.50 bits per heavy atom. The summed E-state index contributed by atoms with van der Waals surface area (Å²) in [6.45, 7) is 0.738. The van der Waals surface area contributed by atoms with Crippen LogP contribution in [-0.2, 0) is 0 Å². The fourth-order valence-corrected chi connectivity index (χ4v) is 3.49. The molecule has 100 valence electrons. The summed E-state index contributed by atoms with van der Waals surface area (Å²) in [6.07, 6.45) is 3.70. The van der Waals surface area contributed by atoms with Crippen LogP contribution in [0, 0.1) is 5.41 Å². The lowest BCUT2D eigenvalue weighted by Gasteiger charge is -2.47.